The molecular weight excluding hydrogens is 356 g/mol. The third kappa shape index (κ3) is 4.53. The molecule has 0 unspecified atom stereocenters. The number of anilines is 1. The van der Waals surface area contributed by atoms with Crippen LogP contribution in [0, 0.1) is 0 Å². The first-order chi connectivity index (χ1) is 12.3. The van der Waals surface area contributed by atoms with Crippen molar-refractivity contribution in [3.8, 4) is 11.5 Å². The van der Waals surface area contributed by atoms with Crippen LogP contribution in [0.1, 0.15) is 30.6 Å². The molecule has 2 aromatic rings. The van der Waals surface area contributed by atoms with Gasteiger partial charge in [-0.1, -0.05) is 25.1 Å². The minimum absolute atomic E-state index is 0.0269. The summed E-state index contributed by atoms with van der Waals surface area (Å²) < 4.78 is 30.1. The van der Waals surface area contributed by atoms with E-state index in [9.17, 15) is 18.3 Å². The Kier molecular flexibility index (Phi) is 6.23. The van der Waals surface area contributed by atoms with E-state index in [0.717, 1.165) is 12.5 Å². The number of nitrogens with zero attached hydrogens (tertiary/aromatic N) is 1. The lowest BCUT2D eigenvalue weighted by Gasteiger charge is -2.26. The number of hydrogen-bond acceptors (Lipinski definition) is 5. The van der Waals surface area contributed by atoms with Crippen LogP contribution in [0.25, 0.3) is 0 Å². The smallest absolute Gasteiger partial charge is 0.335 e. The number of rotatable bonds is 8. The van der Waals surface area contributed by atoms with Crippen molar-refractivity contribution in [2.75, 3.05) is 18.0 Å². The summed E-state index contributed by atoms with van der Waals surface area (Å²) in [4.78, 5) is 13.0. The highest BCUT2D eigenvalue weighted by Gasteiger charge is 2.25. The van der Waals surface area contributed by atoms with E-state index < -0.39 is 16.0 Å². The number of aromatic carboxylic acids is 1. The summed E-state index contributed by atoms with van der Waals surface area (Å²) in [5.41, 5.74) is 0.209. The first-order valence-corrected chi connectivity index (χ1v) is 9.74. The van der Waals surface area contributed by atoms with E-state index in [1.165, 1.54) is 6.07 Å². The molecule has 0 spiro atoms. The molecular formula is C18H22N2O5S. The van der Waals surface area contributed by atoms with Gasteiger partial charge in [0.1, 0.15) is 10.6 Å². The number of sulfonamides is 1. The van der Waals surface area contributed by atoms with Crippen LogP contribution in [0.5, 0.6) is 11.5 Å². The van der Waals surface area contributed by atoms with Crippen molar-refractivity contribution >= 4 is 21.7 Å². The second-order valence-corrected chi connectivity index (χ2v) is 7.20. The second-order valence-electron chi connectivity index (χ2n) is 5.67. The van der Waals surface area contributed by atoms with Crippen molar-refractivity contribution in [1.29, 1.82) is 0 Å². The van der Waals surface area contributed by atoms with Crippen LogP contribution in [-0.4, -0.2) is 32.6 Å². The van der Waals surface area contributed by atoms with Crippen LogP contribution in [0.4, 0.5) is 5.69 Å². The monoisotopic (exact) mass is 378 g/mol. The summed E-state index contributed by atoms with van der Waals surface area (Å²) in [5.74, 6) is -0.789. The summed E-state index contributed by atoms with van der Waals surface area (Å²) in [6.07, 6.45) is 0.792. The third-order valence-electron chi connectivity index (χ3n) is 3.77. The minimum atomic E-state index is -4.20. The molecule has 26 heavy (non-hydrogen) atoms. The largest absolute Gasteiger partial charge is 0.478 e. The number of primary sulfonamides is 1. The molecule has 3 N–H and O–H groups in total. The zero-order valence-electron chi connectivity index (χ0n) is 14.7. The molecule has 0 aliphatic heterocycles. The topological polar surface area (TPSA) is 110 Å². The molecule has 7 nitrogen and oxygen atoms in total. The lowest BCUT2D eigenvalue weighted by Crippen LogP contribution is -2.25. The maximum Gasteiger partial charge on any atom is 0.335 e. The Hall–Kier alpha value is -2.58. The Labute approximate surface area is 153 Å². The molecule has 8 heteroatoms. The van der Waals surface area contributed by atoms with Gasteiger partial charge in [0, 0.05) is 13.1 Å². The Morgan fingerprint density at radius 2 is 1.85 bits per heavy atom. The zero-order chi connectivity index (χ0) is 19.3. The number of para-hydroxylation sites is 1. The number of benzene rings is 2. The van der Waals surface area contributed by atoms with Gasteiger partial charge in [-0.15, -0.1) is 0 Å². The summed E-state index contributed by atoms with van der Waals surface area (Å²) >= 11 is 0. The standard InChI is InChI=1S/C18H22N2O5S/c1-3-10-20(4-2)15-11-13(18(21)22)12-16(26(19,23)24)17(15)25-14-8-6-5-7-9-14/h5-9,11-12H,3-4,10H2,1-2H3,(H,21,22)(H2,19,23,24). The molecule has 2 rings (SSSR count). The molecule has 140 valence electrons. The van der Waals surface area contributed by atoms with Gasteiger partial charge >= 0.3 is 5.97 Å². The molecule has 0 atom stereocenters. The van der Waals surface area contributed by atoms with Gasteiger partial charge in [-0.3, -0.25) is 0 Å². The summed E-state index contributed by atoms with van der Waals surface area (Å²) in [7, 11) is -4.20. The van der Waals surface area contributed by atoms with E-state index in [1.807, 2.05) is 18.7 Å². The molecule has 0 saturated heterocycles. The number of carbonyl (C=O) groups is 1. The molecule has 0 aliphatic rings. The maximum atomic E-state index is 12.1. The number of carboxylic acids is 1. The van der Waals surface area contributed by atoms with Crippen LogP contribution in [0.2, 0.25) is 0 Å². The predicted octanol–water partition coefficient (Wildman–Crippen LogP) is 3.06. The average molecular weight is 378 g/mol. The summed E-state index contributed by atoms with van der Waals surface area (Å²) in [6.45, 7) is 5.02. The first-order valence-electron chi connectivity index (χ1n) is 8.19. The predicted molar refractivity (Wildman–Crippen MR) is 99.5 cm³/mol. The van der Waals surface area contributed by atoms with Gasteiger partial charge in [0.05, 0.1) is 11.3 Å². The van der Waals surface area contributed by atoms with Crippen molar-refractivity contribution in [3.63, 3.8) is 0 Å². The molecule has 0 saturated carbocycles. The van der Waals surface area contributed by atoms with Crippen LogP contribution in [0.15, 0.2) is 47.4 Å². The van der Waals surface area contributed by atoms with Gasteiger partial charge in [0.15, 0.2) is 5.75 Å². The van der Waals surface area contributed by atoms with E-state index in [0.29, 0.717) is 24.5 Å². The Morgan fingerprint density at radius 3 is 2.35 bits per heavy atom. The average Bonchev–Trinajstić information content (AvgIpc) is 2.59. The highest BCUT2D eigenvalue weighted by Crippen LogP contribution is 2.39. The molecule has 2 aromatic carbocycles. The maximum absolute atomic E-state index is 12.1. The van der Waals surface area contributed by atoms with E-state index in [1.54, 1.807) is 30.3 Å². The fourth-order valence-electron chi connectivity index (χ4n) is 2.59. The Morgan fingerprint density at radius 1 is 1.19 bits per heavy atom. The SMILES string of the molecule is CCCN(CC)c1cc(C(=O)O)cc(S(N)(=O)=O)c1Oc1ccccc1. The fraction of sp³-hybridized carbons (Fsp3) is 0.278. The third-order valence-corrected chi connectivity index (χ3v) is 4.68. The van der Waals surface area contributed by atoms with Crippen molar-refractivity contribution in [3.05, 3.63) is 48.0 Å². The summed E-state index contributed by atoms with van der Waals surface area (Å²) in [5, 5.41) is 14.7. The number of nitrogens with two attached hydrogens (primary N) is 1. The van der Waals surface area contributed by atoms with Crippen LogP contribution < -0.4 is 14.8 Å². The lowest BCUT2D eigenvalue weighted by molar-refractivity contribution is 0.0696. The fourth-order valence-corrected chi connectivity index (χ4v) is 3.28. The number of hydrogen-bond donors (Lipinski definition) is 2. The minimum Gasteiger partial charge on any atom is -0.478 e. The highest BCUT2D eigenvalue weighted by atomic mass is 32.2. The van der Waals surface area contributed by atoms with Gasteiger partial charge in [-0.2, -0.15) is 0 Å². The van der Waals surface area contributed by atoms with E-state index in [4.69, 9.17) is 9.88 Å². The van der Waals surface area contributed by atoms with Gasteiger partial charge in [0.2, 0.25) is 10.0 Å². The Balaban J connectivity index is 2.76. The lowest BCUT2D eigenvalue weighted by atomic mass is 10.1. The number of ether oxygens (including phenoxy) is 1. The van der Waals surface area contributed by atoms with Gasteiger partial charge in [0.25, 0.3) is 0 Å². The molecule has 0 aliphatic carbocycles. The van der Waals surface area contributed by atoms with Crippen molar-refractivity contribution < 1.29 is 23.1 Å². The van der Waals surface area contributed by atoms with E-state index in [2.05, 4.69) is 0 Å². The van der Waals surface area contributed by atoms with Crippen molar-refractivity contribution in [1.82, 2.24) is 0 Å². The molecule has 0 fully saturated rings. The van der Waals surface area contributed by atoms with Crippen molar-refractivity contribution in [2.24, 2.45) is 5.14 Å². The molecule has 0 heterocycles. The van der Waals surface area contributed by atoms with Crippen LogP contribution in [-0.2, 0) is 10.0 Å². The van der Waals surface area contributed by atoms with E-state index in [-0.39, 0.29) is 16.2 Å². The molecule has 0 amide bonds. The zero-order valence-corrected chi connectivity index (χ0v) is 15.5. The van der Waals surface area contributed by atoms with Gasteiger partial charge < -0.3 is 14.7 Å². The van der Waals surface area contributed by atoms with Gasteiger partial charge in [-0.05, 0) is 37.6 Å². The van der Waals surface area contributed by atoms with Gasteiger partial charge in [-0.25, -0.2) is 18.4 Å². The van der Waals surface area contributed by atoms with Crippen LogP contribution in [0.3, 0.4) is 0 Å². The summed E-state index contributed by atoms with van der Waals surface area (Å²) in [6, 6.07) is 11.1. The normalized spacial score (nSPS) is 11.2. The second kappa shape index (κ2) is 8.20. The Bertz CT molecular complexity index is 882. The highest BCUT2D eigenvalue weighted by molar-refractivity contribution is 7.89. The molecule has 0 bridgehead atoms. The first kappa shape index (κ1) is 19.7. The quantitative estimate of drug-likeness (QED) is 0.730. The molecule has 0 radical (unpaired) electrons. The van der Waals surface area contributed by atoms with Crippen LogP contribution >= 0.6 is 0 Å². The van der Waals surface area contributed by atoms with Crippen molar-refractivity contribution in [2.45, 2.75) is 25.2 Å². The van der Waals surface area contributed by atoms with E-state index >= 15 is 0 Å². The number of carboxylic acid groups (broad SMARTS) is 1. The molecule has 0 aromatic heterocycles.